The molecule has 2 aromatic heterocycles. The Kier molecular flexibility index (Phi) is 3.85. The first-order valence-corrected chi connectivity index (χ1v) is 6.23. The van der Waals surface area contributed by atoms with Crippen LogP contribution in [0.25, 0.3) is 0 Å². The third-order valence-corrected chi connectivity index (χ3v) is 3.20. The Labute approximate surface area is 120 Å². The molecule has 0 bridgehead atoms. The Morgan fingerprint density at radius 1 is 1.43 bits per heavy atom. The second-order valence-electron chi connectivity index (χ2n) is 4.70. The van der Waals surface area contributed by atoms with Gasteiger partial charge >= 0.3 is 5.97 Å². The predicted molar refractivity (Wildman–Crippen MR) is 75.2 cm³/mol. The zero-order chi connectivity index (χ0) is 15.6. The van der Waals surface area contributed by atoms with Gasteiger partial charge in [0.1, 0.15) is 17.3 Å². The van der Waals surface area contributed by atoms with Crippen LogP contribution in [0.4, 0.5) is 0 Å². The maximum absolute atomic E-state index is 12.3. The fraction of sp³-hybridized carbons (Fsp3) is 0.200. The second kappa shape index (κ2) is 5.59. The third kappa shape index (κ3) is 2.82. The lowest BCUT2D eigenvalue weighted by Crippen LogP contribution is -2.29. The normalized spacial score (nSPS) is 10.1. The van der Waals surface area contributed by atoms with E-state index in [1.54, 1.807) is 32.0 Å². The van der Waals surface area contributed by atoms with E-state index in [4.69, 9.17) is 10.4 Å². The summed E-state index contributed by atoms with van der Waals surface area (Å²) in [6.45, 7) is 3.54. The van der Waals surface area contributed by atoms with Crippen molar-refractivity contribution in [1.82, 2.24) is 9.55 Å². The molecule has 6 nitrogen and oxygen atoms in total. The highest BCUT2D eigenvalue weighted by Crippen LogP contribution is 2.09. The summed E-state index contributed by atoms with van der Waals surface area (Å²) in [5.74, 6) is -1.24. The van der Waals surface area contributed by atoms with Crippen LogP contribution < -0.4 is 5.56 Å². The van der Waals surface area contributed by atoms with Gasteiger partial charge in [-0.15, -0.1) is 0 Å². The first-order chi connectivity index (χ1) is 9.93. The standard InChI is InChI=1S/C15H13N3O3/c1-9-5-10(2)18(14(19)13(9)15(20)21)8-11-3-4-17-12(6-11)7-16/h3-6H,8H2,1-2H3,(H,20,21). The lowest BCUT2D eigenvalue weighted by molar-refractivity contribution is 0.0693. The van der Waals surface area contributed by atoms with Gasteiger partial charge in [0.05, 0.1) is 6.54 Å². The Balaban J connectivity index is 2.55. The smallest absolute Gasteiger partial charge is 0.341 e. The summed E-state index contributed by atoms with van der Waals surface area (Å²) >= 11 is 0. The van der Waals surface area contributed by atoms with Crippen molar-refractivity contribution in [3.05, 3.63) is 62.8 Å². The van der Waals surface area contributed by atoms with Gasteiger partial charge in [-0.2, -0.15) is 5.26 Å². The van der Waals surface area contributed by atoms with E-state index in [0.717, 1.165) is 0 Å². The van der Waals surface area contributed by atoms with E-state index in [0.29, 0.717) is 16.8 Å². The predicted octanol–water partition coefficient (Wildman–Crippen LogP) is 1.48. The van der Waals surface area contributed by atoms with Crippen LogP contribution in [-0.2, 0) is 6.54 Å². The average molecular weight is 283 g/mol. The number of carboxylic acid groups (broad SMARTS) is 1. The van der Waals surface area contributed by atoms with Gasteiger partial charge in [-0.1, -0.05) is 0 Å². The zero-order valence-electron chi connectivity index (χ0n) is 11.6. The Hall–Kier alpha value is -2.94. The highest BCUT2D eigenvalue weighted by molar-refractivity contribution is 5.88. The van der Waals surface area contributed by atoms with Gasteiger partial charge in [-0.05, 0) is 43.2 Å². The molecule has 0 saturated carbocycles. The van der Waals surface area contributed by atoms with Crippen LogP contribution >= 0.6 is 0 Å². The van der Waals surface area contributed by atoms with Crippen molar-refractivity contribution in [2.75, 3.05) is 0 Å². The van der Waals surface area contributed by atoms with Gasteiger partial charge < -0.3 is 9.67 Å². The molecule has 106 valence electrons. The van der Waals surface area contributed by atoms with E-state index >= 15 is 0 Å². The minimum absolute atomic E-state index is 0.197. The Morgan fingerprint density at radius 3 is 2.76 bits per heavy atom. The van der Waals surface area contributed by atoms with E-state index in [2.05, 4.69) is 4.98 Å². The van der Waals surface area contributed by atoms with Crippen LogP contribution in [0.2, 0.25) is 0 Å². The molecule has 0 aliphatic heterocycles. The third-order valence-electron chi connectivity index (χ3n) is 3.20. The number of pyridine rings is 2. The minimum Gasteiger partial charge on any atom is -0.477 e. The molecule has 0 aromatic carbocycles. The molecular formula is C15H13N3O3. The van der Waals surface area contributed by atoms with Crippen molar-refractivity contribution < 1.29 is 9.90 Å². The number of nitriles is 1. The largest absolute Gasteiger partial charge is 0.477 e. The van der Waals surface area contributed by atoms with Gasteiger partial charge in [0.2, 0.25) is 0 Å². The molecule has 2 heterocycles. The van der Waals surface area contributed by atoms with Gasteiger partial charge in [-0.25, -0.2) is 9.78 Å². The molecule has 0 fully saturated rings. The highest BCUT2D eigenvalue weighted by atomic mass is 16.4. The van der Waals surface area contributed by atoms with Crippen molar-refractivity contribution >= 4 is 5.97 Å². The molecule has 1 N–H and O–H groups in total. The molecule has 0 aliphatic rings. The van der Waals surface area contributed by atoms with Crippen molar-refractivity contribution in [2.45, 2.75) is 20.4 Å². The second-order valence-corrected chi connectivity index (χ2v) is 4.70. The maximum atomic E-state index is 12.3. The molecule has 0 radical (unpaired) electrons. The van der Waals surface area contributed by atoms with Crippen LogP contribution in [0.3, 0.4) is 0 Å². The zero-order valence-corrected chi connectivity index (χ0v) is 11.6. The van der Waals surface area contributed by atoms with E-state index in [-0.39, 0.29) is 17.8 Å². The molecule has 0 saturated heterocycles. The number of aromatic carboxylic acids is 1. The molecule has 21 heavy (non-hydrogen) atoms. The van der Waals surface area contributed by atoms with Crippen molar-refractivity contribution in [3.8, 4) is 6.07 Å². The van der Waals surface area contributed by atoms with E-state index < -0.39 is 11.5 Å². The van der Waals surface area contributed by atoms with E-state index in [1.807, 2.05) is 6.07 Å². The summed E-state index contributed by atoms with van der Waals surface area (Å²) in [6.07, 6.45) is 1.49. The van der Waals surface area contributed by atoms with Crippen LogP contribution in [0, 0.1) is 25.2 Å². The quantitative estimate of drug-likeness (QED) is 0.920. The van der Waals surface area contributed by atoms with Crippen LogP contribution in [0.15, 0.2) is 29.2 Å². The number of carboxylic acids is 1. The van der Waals surface area contributed by atoms with Gasteiger partial charge in [0, 0.05) is 11.9 Å². The topological polar surface area (TPSA) is 96.0 Å². The average Bonchev–Trinajstić information content (AvgIpc) is 2.43. The fourth-order valence-corrected chi connectivity index (χ4v) is 2.20. The summed E-state index contributed by atoms with van der Waals surface area (Å²) < 4.78 is 1.38. The molecular weight excluding hydrogens is 270 g/mol. The number of aryl methyl sites for hydroxylation is 2. The first-order valence-electron chi connectivity index (χ1n) is 6.23. The highest BCUT2D eigenvalue weighted by Gasteiger charge is 2.16. The number of aromatic nitrogens is 2. The molecule has 0 aliphatic carbocycles. The summed E-state index contributed by atoms with van der Waals surface area (Å²) in [4.78, 5) is 27.4. The number of carbonyl (C=O) groups is 1. The maximum Gasteiger partial charge on any atom is 0.341 e. The number of hydrogen-bond acceptors (Lipinski definition) is 4. The van der Waals surface area contributed by atoms with Gasteiger partial charge in [-0.3, -0.25) is 4.79 Å². The monoisotopic (exact) mass is 283 g/mol. The number of nitrogens with zero attached hydrogens (tertiary/aromatic N) is 3. The molecule has 0 amide bonds. The summed E-state index contributed by atoms with van der Waals surface area (Å²) in [6, 6.07) is 6.86. The fourth-order valence-electron chi connectivity index (χ4n) is 2.20. The lowest BCUT2D eigenvalue weighted by atomic mass is 10.1. The van der Waals surface area contributed by atoms with Crippen LogP contribution in [0.5, 0.6) is 0 Å². The molecule has 0 unspecified atom stereocenters. The van der Waals surface area contributed by atoms with E-state index in [9.17, 15) is 9.59 Å². The van der Waals surface area contributed by atoms with Gasteiger partial charge in [0.25, 0.3) is 5.56 Å². The molecule has 6 heteroatoms. The van der Waals surface area contributed by atoms with Crippen molar-refractivity contribution in [3.63, 3.8) is 0 Å². The van der Waals surface area contributed by atoms with Crippen molar-refractivity contribution in [2.24, 2.45) is 0 Å². The van der Waals surface area contributed by atoms with Crippen molar-refractivity contribution in [1.29, 1.82) is 5.26 Å². The van der Waals surface area contributed by atoms with E-state index in [1.165, 1.54) is 10.8 Å². The lowest BCUT2D eigenvalue weighted by Gasteiger charge is -2.13. The summed E-state index contributed by atoms with van der Waals surface area (Å²) in [5, 5.41) is 18.0. The first kappa shape index (κ1) is 14.5. The SMILES string of the molecule is Cc1cc(C)n(Cc2ccnc(C#N)c2)c(=O)c1C(=O)O. The van der Waals surface area contributed by atoms with Crippen LogP contribution in [0.1, 0.15) is 32.9 Å². The van der Waals surface area contributed by atoms with Crippen LogP contribution in [-0.4, -0.2) is 20.6 Å². The molecule has 2 rings (SSSR count). The Bertz CT molecular complexity index is 816. The molecule has 0 spiro atoms. The van der Waals surface area contributed by atoms with Gasteiger partial charge in [0.15, 0.2) is 0 Å². The minimum atomic E-state index is -1.24. The number of hydrogen-bond donors (Lipinski definition) is 1. The molecule has 0 atom stereocenters. The summed E-state index contributed by atoms with van der Waals surface area (Å²) in [7, 11) is 0. The Morgan fingerprint density at radius 2 is 2.14 bits per heavy atom. The summed E-state index contributed by atoms with van der Waals surface area (Å²) in [5.41, 5.74) is 1.30. The molecule has 2 aromatic rings. The number of rotatable bonds is 3.